The van der Waals surface area contributed by atoms with Gasteiger partial charge in [0.2, 0.25) is 5.88 Å². The number of anilines is 1. The third-order valence-electron chi connectivity index (χ3n) is 6.93. The van der Waals surface area contributed by atoms with Crippen molar-refractivity contribution in [2.75, 3.05) is 24.1 Å². The lowest BCUT2D eigenvalue weighted by Gasteiger charge is -2.36. The number of aliphatic hydroxyl groups is 1. The second-order valence-electron chi connectivity index (χ2n) is 9.82. The average molecular weight is 573 g/mol. The second kappa shape index (κ2) is 12.0. The number of aromatic nitrogens is 1. The van der Waals surface area contributed by atoms with E-state index in [0.717, 1.165) is 42.0 Å². The molecule has 0 spiro atoms. The topological polar surface area (TPSA) is 126 Å². The molecule has 2 N–H and O–H groups in total. The van der Waals surface area contributed by atoms with Crippen LogP contribution < -0.4 is 13.8 Å². The maximum Gasteiger partial charge on any atom is 0.417 e. The fourth-order valence-corrected chi connectivity index (χ4v) is 6.62. The molecule has 4 rings (SSSR count). The molecule has 0 amide bonds. The number of aliphatic hydroxyl groups excluding tert-OH is 1. The third-order valence-corrected chi connectivity index (χ3v) is 8.70. The summed E-state index contributed by atoms with van der Waals surface area (Å²) in [6.07, 6.45) is 0.736. The van der Waals surface area contributed by atoms with E-state index in [1.807, 2.05) is 6.07 Å². The molecular weight excluding hydrogens is 541 g/mol. The van der Waals surface area contributed by atoms with E-state index in [1.165, 1.54) is 6.42 Å². The maximum atomic E-state index is 14.0. The number of nitrogens with zero attached hydrogens (tertiary/aromatic N) is 2. The molecule has 0 bridgehead atoms. The van der Waals surface area contributed by atoms with Gasteiger partial charge in [-0.1, -0.05) is 38.2 Å². The number of aliphatic carboxylic acids is 1. The van der Waals surface area contributed by atoms with Crippen molar-refractivity contribution in [3.05, 3.63) is 41.6 Å². The number of sulfonamides is 1. The Morgan fingerprint density at radius 1 is 1.18 bits per heavy atom. The van der Waals surface area contributed by atoms with E-state index >= 15 is 0 Å². The Bertz CT molecular complexity index is 1280. The number of pyridine rings is 1. The highest BCUT2D eigenvalue weighted by Crippen LogP contribution is 2.42. The van der Waals surface area contributed by atoms with Crippen molar-refractivity contribution in [2.45, 2.75) is 68.5 Å². The van der Waals surface area contributed by atoms with Crippen molar-refractivity contribution in [1.82, 2.24) is 4.98 Å². The largest absolute Gasteiger partial charge is 0.486 e. The molecule has 0 radical (unpaired) electrons. The molecule has 1 saturated carbocycles. The number of carbonyl (C=O) groups is 1. The average Bonchev–Trinajstić information content (AvgIpc) is 2.90. The molecule has 1 aromatic carbocycles. The molecule has 0 saturated heterocycles. The van der Waals surface area contributed by atoms with Gasteiger partial charge in [0, 0.05) is 12.6 Å². The minimum Gasteiger partial charge on any atom is -0.486 e. The van der Waals surface area contributed by atoms with Gasteiger partial charge in [0.15, 0.2) is 4.90 Å². The Morgan fingerprint density at radius 3 is 2.59 bits per heavy atom. The van der Waals surface area contributed by atoms with E-state index in [2.05, 4.69) is 4.98 Å². The van der Waals surface area contributed by atoms with Crippen LogP contribution in [-0.2, 0) is 27.4 Å². The number of alkyl halides is 3. The van der Waals surface area contributed by atoms with Gasteiger partial charge in [-0.3, -0.25) is 9.10 Å². The number of rotatable bonds is 10. The first-order chi connectivity index (χ1) is 18.5. The lowest BCUT2D eigenvalue weighted by Crippen LogP contribution is -2.44. The monoisotopic (exact) mass is 572 g/mol. The minimum absolute atomic E-state index is 0.0146. The molecule has 1 atom stereocenters. The predicted octanol–water partition coefficient (Wildman–Crippen LogP) is 4.42. The summed E-state index contributed by atoms with van der Waals surface area (Å²) in [6.45, 7) is -1.21. The fourth-order valence-electron chi connectivity index (χ4n) is 5.01. The standard InChI is InChI=1S/C26H31F3N2O7S/c27-26(28,29)19-14-23(25(30-15-19)37-11-10-32)39(35,36)31-16-20(7-9-24(33)34)38-22-8-6-18(13-21(22)31)12-17-4-2-1-3-5-17/h6,8,13-15,17,20,32H,1-5,7,9-12,16H2,(H,33,34)/t20-/m0/s1. The highest BCUT2D eigenvalue weighted by Gasteiger charge is 2.40. The van der Waals surface area contributed by atoms with Gasteiger partial charge in [0.05, 0.1) is 24.4 Å². The van der Waals surface area contributed by atoms with Gasteiger partial charge >= 0.3 is 12.1 Å². The van der Waals surface area contributed by atoms with Gasteiger partial charge in [-0.25, -0.2) is 13.4 Å². The molecule has 13 heteroatoms. The molecule has 2 heterocycles. The predicted molar refractivity (Wildman–Crippen MR) is 134 cm³/mol. The maximum absolute atomic E-state index is 14.0. The molecule has 9 nitrogen and oxygen atoms in total. The van der Waals surface area contributed by atoms with Crippen LogP contribution >= 0.6 is 0 Å². The molecule has 39 heavy (non-hydrogen) atoms. The number of halogens is 3. The van der Waals surface area contributed by atoms with Gasteiger partial charge in [-0.05, 0) is 42.5 Å². The van der Waals surface area contributed by atoms with E-state index in [1.54, 1.807) is 12.1 Å². The van der Waals surface area contributed by atoms with Gasteiger partial charge in [0.1, 0.15) is 18.5 Å². The first-order valence-corrected chi connectivity index (χ1v) is 14.3. The van der Waals surface area contributed by atoms with Crippen LogP contribution in [0.15, 0.2) is 35.4 Å². The molecule has 0 unspecified atom stereocenters. The van der Waals surface area contributed by atoms with Crippen LogP contribution in [0.3, 0.4) is 0 Å². The van der Waals surface area contributed by atoms with E-state index in [9.17, 15) is 26.4 Å². The Morgan fingerprint density at radius 2 is 1.92 bits per heavy atom. The number of carboxylic acid groups (broad SMARTS) is 1. The van der Waals surface area contributed by atoms with Crippen LogP contribution in [-0.4, -0.2) is 55.4 Å². The van der Waals surface area contributed by atoms with Crippen molar-refractivity contribution in [3.63, 3.8) is 0 Å². The fraction of sp³-hybridized carbons (Fsp3) is 0.538. The quantitative estimate of drug-likeness (QED) is 0.429. The molecule has 214 valence electrons. The van der Waals surface area contributed by atoms with Crippen LogP contribution in [0.2, 0.25) is 0 Å². The number of benzene rings is 1. The minimum atomic E-state index is -4.87. The number of hydrogen-bond acceptors (Lipinski definition) is 7. The first-order valence-electron chi connectivity index (χ1n) is 12.8. The van der Waals surface area contributed by atoms with Gasteiger partial charge in [0.25, 0.3) is 10.0 Å². The van der Waals surface area contributed by atoms with E-state index in [-0.39, 0.29) is 37.4 Å². The number of carboxylic acids is 1. The van der Waals surface area contributed by atoms with Gasteiger partial charge in [-0.2, -0.15) is 13.2 Å². The van der Waals surface area contributed by atoms with Crippen LogP contribution in [0.1, 0.15) is 56.1 Å². The Hall–Kier alpha value is -3.06. The van der Waals surface area contributed by atoms with E-state index in [4.69, 9.17) is 19.7 Å². The highest BCUT2D eigenvalue weighted by atomic mass is 32.2. The summed E-state index contributed by atoms with van der Waals surface area (Å²) in [6, 6.07) is 5.59. The number of fused-ring (bicyclic) bond motifs is 1. The van der Waals surface area contributed by atoms with Gasteiger partial charge in [-0.15, -0.1) is 0 Å². The van der Waals surface area contributed by atoms with Crippen molar-refractivity contribution < 1.29 is 46.1 Å². The lowest BCUT2D eigenvalue weighted by atomic mass is 9.85. The van der Waals surface area contributed by atoms with Crippen molar-refractivity contribution in [1.29, 1.82) is 0 Å². The Kier molecular flexibility index (Phi) is 8.90. The van der Waals surface area contributed by atoms with Crippen molar-refractivity contribution in [2.24, 2.45) is 5.92 Å². The van der Waals surface area contributed by atoms with E-state index in [0.29, 0.717) is 18.2 Å². The molecule has 1 aromatic heterocycles. The number of hydrogen-bond donors (Lipinski definition) is 2. The Labute approximate surface area is 224 Å². The summed E-state index contributed by atoms with van der Waals surface area (Å²) >= 11 is 0. The third kappa shape index (κ3) is 6.93. The summed E-state index contributed by atoms with van der Waals surface area (Å²) in [5, 5.41) is 18.3. The normalized spacial score (nSPS) is 18.4. The lowest BCUT2D eigenvalue weighted by molar-refractivity contribution is -0.138. The van der Waals surface area contributed by atoms with Crippen molar-refractivity contribution >= 4 is 21.7 Å². The summed E-state index contributed by atoms with van der Waals surface area (Å²) < 4.78 is 80.7. The zero-order valence-corrected chi connectivity index (χ0v) is 22.0. The molecular formula is C26H31F3N2O7S. The summed E-state index contributed by atoms with van der Waals surface area (Å²) in [4.78, 5) is 14.0. The first kappa shape index (κ1) is 28.9. The smallest absolute Gasteiger partial charge is 0.417 e. The van der Waals surface area contributed by atoms with E-state index < -0.39 is 51.2 Å². The zero-order chi connectivity index (χ0) is 28.2. The van der Waals surface area contributed by atoms with Crippen LogP contribution in [0.5, 0.6) is 11.6 Å². The molecule has 1 aliphatic carbocycles. The molecule has 2 aromatic rings. The summed E-state index contributed by atoms with van der Waals surface area (Å²) in [7, 11) is -4.70. The highest BCUT2D eigenvalue weighted by molar-refractivity contribution is 7.93. The molecule has 2 aliphatic rings. The van der Waals surface area contributed by atoms with Crippen LogP contribution in [0, 0.1) is 5.92 Å². The zero-order valence-electron chi connectivity index (χ0n) is 21.2. The SMILES string of the molecule is O=C(O)CC[C@H]1CN(S(=O)(=O)c2cc(C(F)(F)F)cnc2OCCO)c2cc(CC3CCCCC3)ccc2O1. The molecule has 1 aliphatic heterocycles. The van der Waals surface area contributed by atoms with Crippen LogP contribution in [0.25, 0.3) is 0 Å². The number of ether oxygens (including phenoxy) is 2. The molecule has 1 fully saturated rings. The van der Waals surface area contributed by atoms with Crippen molar-refractivity contribution in [3.8, 4) is 11.6 Å². The second-order valence-corrected chi connectivity index (χ2v) is 11.6. The van der Waals surface area contributed by atoms with Gasteiger partial charge < -0.3 is 19.7 Å². The Balaban J connectivity index is 1.77. The summed E-state index contributed by atoms with van der Waals surface area (Å²) in [5.41, 5.74) is -0.257. The summed E-state index contributed by atoms with van der Waals surface area (Å²) in [5.74, 6) is -1.04. The van der Waals surface area contributed by atoms with Crippen LogP contribution in [0.4, 0.5) is 18.9 Å².